The molecule has 8 atom stereocenters. The molecule has 232 valence electrons. The summed E-state index contributed by atoms with van der Waals surface area (Å²) >= 11 is 0. The highest BCUT2D eigenvalue weighted by Gasteiger charge is 2.72. The molecule has 5 nitrogen and oxygen atoms in total. The van der Waals surface area contributed by atoms with Crippen molar-refractivity contribution >= 4 is 21.4 Å². The largest absolute Gasteiger partial charge is 0.299 e. The molecule has 43 heavy (non-hydrogen) atoms. The van der Waals surface area contributed by atoms with Crippen molar-refractivity contribution in [2.75, 3.05) is 5.75 Å². The van der Waals surface area contributed by atoms with Crippen LogP contribution in [0.1, 0.15) is 99.8 Å². The summed E-state index contributed by atoms with van der Waals surface area (Å²) in [5.74, 6) is 0.235. The molecule has 5 aliphatic carbocycles. The highest BCUT2D eigenvalue weighted by molar-refractivity contribution is 7.91. The van der Waals surface area contributed by atoms with E-state index in [1.807, 2.05) is 26.0 Å². The molecule has 0 heterocycles. The monoisotopic (exact) mass is 603 g/mol. The van der Waals surface area contributed by atoms with Crippen molar-refractivity contribution < 1.29 is 18.0 Å². The van der Waals surface area contributed by atoms with Gasteiger partial charge in [0.25, 0.3) is 0 Å². The predicted octanol–water partition coefficient (Wildman–Crippen LogP) is 7.76. The maximum absolute atomic E-state index is 14.8. The van der Waals surface area contributed by atoms with Gasteiger partial charge in [-0.25, -0.2) is 8.42 Å². The molecule has 4 saturated carbocycles. The first-order valence-corrected chi connectivity index (χ1v) is 18.0. The molecule has 0 bridgehead atoms. The summed E-state index contributed by atoms with van der Waals surface area (Å²) in [6, 6.07) is 11.0. The first kappa shape index (κ1) is 30.8. The lowest BCUT2D eigenvalue weighted by atomic mass is 9.31. The number of nitrogens with zero attached hydrogens (tertiary/aromatic N) is 1. The van der Waals surface area contributed by atoms with Crippen molar-refractivity contribution in [3.8, 4) is 6.07 Å². The number of fused-ring (bicyclic) bond motifs is 7. The molecule has 6 rings (SSSR count). The number of hydrogen-bond donors (Lipinski definition) is 0. The van der Waals surface area contributed by atoms with E-state index in [0.717, 1.165) is 44.9 Å². The van der Waals surface area contributed by atoms with E-state index >= 15 is 0 Å². The number of rotatable bonds is 3. The van der Waals surface area contributed by atoms with Gasteiger partial charge >= 0.3 is 0 Å². The van der Waals surface area contributed by atoms with E-state index in [4.69, 9.17) is 0 Å². The quantitative estimate of drug-likeness (QED) is 0.352. The van der Waals surface area contributed by atoms with Gasteiger partial charge in [-0.05, 0) is 102 Å². The highest BCUT2D eigenvalue weighted by atomic mass is 32.2. The van der Waals surface area contributed by atoms with Gasteiger partial charge in [0.1, 0.15) is 11.9 Å². The standard InChI is InChI=1S/C37H49NO4S/c1-32(2)15-17-37(23-43(41,42)25-11-9-8-10-12-25)18-16-36(7)30(26(37)21-32)27(39)19-29-34(5)20-24(22-38)31(40)33(3,4)28(34)13-14-35(29,36)6/h8-12,20,26,28-30H,13-19,21,23H2,1-7H3/t26?,28-,29+,30?,34-,35+,36+,37+/m0/s1. The zero-order valence-electron chi connectivity index (χ0n) is 27.1. The Hall–Kier alpha value is -2.26. The number of carbonyl (C=O) groups excluding carboxylic acids is 2. The Morgan fingerprint density at radius 3 is 2.16 bits per heavy atom. The van der Waals surface area contributed by atoms with Crippen LogP contribution in [0.2, 0.25) is 0 Å². The lowest BCUT2D eigenvalue weighted by molar-refractivity contribution is -0.220. The number of carbonyl (C=O) groups is 2. The van der Waals surface area contributed by atoms with Crippen molar-refractivity contribution in [1.82, 2.24) is 0 Å². The van der Waals surface area contributed by atoms with E-state index in [1.165, 1.54) is 0 Å². The highest BCUT2D eigenvalue weighted by Crippen LogP contribution is 2.76. The lowest BCUT2D eigenvalue weighted by Gasteiger charge is -2.72. The fraction of sp³-hybridized carbons (Fsp3) is 0.703. The summed E-state index contributed by atoms with van der Waals surface area (Å²) in [5, 5.41) is 9.98. The zero-order valence-corrected chi connectivity index (χ0v) is 27.9. The maximum atomic E-state index is 14.8. The topological polar surface area (TPSA) is 92.1 Å². The van der Waals surface area contributed by atoms with Gasteiger partial charge in [-0.1, -0.05) is 72.7 Å². The Bertz CT molecular complexity index is 1550. The Kier molecular flexibility index (Phi) is 6.71. The molecular formula is C37H49NO4S. The number of Topliss-reactive ketones (excluding diaryl/α,β-unsaturated/α-hetero) is 2. The van der Waals surface area contributed by atoms with Crippen LogP contribution >= 0.6 is 0 Å². The second-order valence-corrected chi connectivity index (χ2v) is 19.1. The van der Waals surface area contributed by atoms with Crippen molar-refractivity contribution in [1.29, 1.82) is 5.26 Å². The third-order valence-electron chi connectivity index (χ3n) is 14.2. The predicted molar refractivity (Wildman–Crippen MR) is 167 cm³/mol. The van der Waals surface area contributed by atoms with Gasteiger partial charge in [0.05, 0.1) is 16.2 Å². The van der Waals surface area contributed by atoms with Gasteiger partial charge in [-0.3, -0.25) is 9.59 Å². The summed E-state index contributed by atoms with van der Waals surface area (Å²) in [4.78, 5) is 28.5. The molecule has 2 unspecified atom stereocenters. The van der Waals surface area contributed by atoms with Crippen molar-refractivity contribution in [3.63, 3.8) is 0 Å². The van der Waals surface area contributed by atoms with Crippen LogP contribution in [0, 0.1) is 67.5 Å². The second kappa shape index (κ2) is 9.38. The molecule has 1 aromatic carbocycles. The molecular weight excluding hydrogens is 554 g/mol. The smallest absolute Gasteiger partial charge is 0.178 e. The van der Waals surface area contributed by atoms with Gasteiger partial charge in [-0.2, -0.15) is 5.26 Å². The van der Waals surface area contributed by atoms with E-state index < -0.39 is 26.1 Å². The third-order valence-corrected chi connectivity index (χ3v) is 16.2. The van der Waals surface area contributed by atoms with Gasteiger partial charge in [0.15, 0.2) is 15.6 Å². The van der Waals surface area contributed by atoms with Crippen molar-refractivity contribution in [3.05, 3.63) is 42.0 Å². The maximum Gasteiger partial charge on any atom is 0.178 e. The van der Waals surface area contributed by atoms with Crippen LogP contribution < -0.4 is 0 Å². The van der Waals surface area contributed by atoms with Crippen LogP contribution in [-0.4, -0.2) is 25.7 Å². The summed E-state index contributed by atoms with van der Waals surface area (Å²) in [5.41, 5.74) is -1.67. The van der Waals surface area contributed by atoms with E-state index in [9.17, 15) is 23.3 Å². The number of benzene rings is 1. The Balaban J connectivity index is 1.45. The SMILES string of the molecule is CC1(C)CC[C@]2(CS(=O)(=O)c3ccccc3)CC[C@]3(C)C(C(=O)C[C@@H]4[C@@]5(C)C=C(C#N)C(=O)C(C)(C)[C@@H]5CC[C@]43C)C2C1. The van der Waals surface area contributed by atoms with Crippen LogP contribution in [0.5, 0.6) is 0 Å². The van der Waals surface area contributed by atoms with Gasteiger partial charge in [0, 0.05) is 17.8 Å². The van der Waals surface area contributed by atoms with Crippen LogP contribution in [0.15, 0.2) is 46.9 Å². The number of hydrogen-bond acceptors (Lipinski definition) is 5. The molecule has 0 N–H and O–H groups in total. The fourth-order valence-electron chi connectivity index (χ4n) is 11.8. The Morgan fingerprint density at radius 1 is 0.860 bits per heavy atom. The molecule has 0 spiro atoms. The van der Waals surface area contributed by atoms with Gasteiger partial charge in [-0.15, -0.1) is 0 Å². The normalized spacial score (nSPS) is 43.3. The van der Waals surface area contributed by atoms with Crippen LogP contribution in [0.4, 0.5) is 0 Å². The second-order valence-electron chi connectivity index (χ2n) is 17.1. The molecule has 0 amide bonds. The van der Waals surface area contributed by atoms with Crippen molar-refractivity contribution in [2.24, 2.45) is 56.2 Å². The number of ketones is 2. The van der Waals surface area contributed by atoms with Crippen LogP contribution in [0.25, 0.3) is 0 Å². The fourth-order valence-corrected chi connectivity index (χ4v) is 13.8. The first-order valence-electron chi connectivity index (χ1n) is 16.4. The summed E-state index contributed by atoms with van der Waals surface area (Å²) in [6.45, 7) is 15.5. The number of allylic oxidation sites excluding steroid dienone is 2. The van der Waals surface area contributed by atoms with Gasteiger partial charge < -0.3 is 0 Å². The number of nitriles is 1. The van der Waals surface area contributed by atoms with E-state index in [2.05, 4.69) is 40.7 Å². The van der Waals surface area contributed by atoms with E-state index in [1.54, 1.807) is 24.3 Å². The molecule has 1 aromatic rings. The molecule has 0 radical (unpaired) electrons. The molecule has 0 saturated heterocycles. The van der Waals surface area contributed by atoms with Crippen LogP contribution in [-0.2, 0) is 19.4 Å². The van der Waals surface area contributed by atoms with Crippen molar-refractivity contribution in [2.45, 2.75) is 105 Å². The summed E-state index contributed by atoms with van der Waals surface area (Å²) in [7, 11) is -3.53. The summed E-state index contributed by atoms with van der Waals surface area (Å²) in [6.07, 6.45) is 8.52. The average Bonchev–Trinajstić information content (AvgIpc) is 2.93. The minimum absolute atomic E-state index is 0.0128. The summed E-state index contributed by atoms with van der Waals surface area (Å²) < 4.78 is 27.8. The Morgan fingerprint density at radius 2 is 1.51 bits per heavy atom. The average molecular weight is 604 g/mol. The number of sulfone groups is 1. The zero-order chi connectivity index (χ0) is 31.4. The van der Waals surface area contributed by atoms with E-state index in [0.29, 0.717) is 11.3 Å². The molecule has 5 aliphatic rings. The molecule has 4 fully saturated rings. The Labute approximate surface area is 258 Å². The van der Waals surface area contributed by atoms with E-state index in [-0.39, 0.29) is 62.8 Å². The third kappa shape index (κ3) is 4.15. The first-order chi connectivity index (χ1) is 19.9. The minimum Gasteiger partial charge on any atom is -0.299 e. The molecule has 0 aromatic heterocycles. The molecule has 6 heteroatoms. The minimum atomic E-state index is -3.53. The van der Waals surface area contributed by atoms with Gasteiger partial charge in [0.2, 0.25) is 0 Å². The lowest BCUT2D eigenvalue weighted by Crippen LogP contribution is -2.69. The van der Waals surface area contributed by atoms with Crippen LogP contribution in [0.3, 0.4) is 0 Å². The molecule has 0 aliphatic heterocycles.